The highest BCUT2D eigenvalue weighted by Gasteiger charge is 2.26. The molecule has 11 nitrogen and oxygen atoms in total. The number of hydrogen-bond donors (Lipinski definition) is 2. The number of nitrogens with one attached hydrogen (secondary N) is 2. The molecule has 0 saturated carbocycles. The van der Waals surface area contributed by atoms with Crippen molar-refractivity contribution in [2.75, 3.05) is 25.5 Å². The van der Waals surface area contributed by atoms with Crippen molar-refractivity contribution >= 4 is 67.5 Å². The Hall–Kier alpha value is -6.33. The molecule has 0 atom stereocenters. The standard InChI is InChI=1S/C43H37ClN6O5/c1-25-33(34-23-29(55-2)15-19-38(34)49(25)43(52)26-10-12-27(44)13-11-26)24-39(51)46-21-6-4-3-5-20-45-35-18-16-32-40-30(35)8-7-9-31(40)41-42(32)48-37-22-28(50(53)54)14-17-36(37)47-41/h7-19,22-23,45H,3-6,20-21,24H2,1-2H3,(H,46,51). The summed E-state index contributed by atoms with van der Waals surface area (Å²) in [4.78, 5) is 47.4. The minimum atomic E-state index is -0.419. The molecule has 55 heavy (non-hydrogen) atoms. The lowest BCUT2D eigenvalue weighted by molar-refractivity contribution is -0.384. The Morgan fingerprint density at radius 2 is 1.58 bits per heavy atom. The Balaban J connectivity index is 0.854. The number of benzene rings is 5. The minimum Gasteiger partial charge on any atom is -0.497 e. The molecule has 1 aliphatic rings. The van der Waals surface area contributed by atoms with Crippen molar-refractivity contribution in [2.45, 2.75) is 39.0 Å². The summed E-state index contributed by atoms with van der Waals surface area (Å²) >= 11 is 6.06. The van der Waals surface area contributed by atoms with E-state index in [2.05, 4.69) is 22.8 Å². The molecule has 0 bridgehead atoms. The van der Waals surface area contributed by atoms with Gasteiger partial charge in [0.15, 0.2) is 0 Å². The van der Waals surface area contributed by atoms with Gasteiger partial charge in [0.1, 0.15) is 5.75 Å². The maximum atomic E-state index is 13.6. The number of hydrogen-bond acceptors (Lipinski definition) is 8. The van der Waals surface area contributed by atoms with Gasteiger partial charge in [-0.05, 0) is 79.9 Å². The van der Waals surface area contributed by atoms with Gasteiger partial charge in [-0.25, -0.2) is 9.97 Å². The molecule has 2 N–H and O–H groups in total. The number of ether oxygens (including phenoxy) is 1. The SMILES string of the molecule is COc1ccc2c(c1)c(CC(=O)NCCCCCCNc1ccc3c4c(cccc14)-c1nc4ccc([N+](=O)[O-])cc4nc1-3)c(C)n2C(=O)c1ccc(Cl)cc1. The predicted octanol–water partition coefficient (Wildman–Crippen LogP) is 9.28. The van der Waals surface area contributed by atoms with E-state index in [-0.39, 0.29) is 23.9 Å². The Morgan fingerprint density at radius 3 is 2.35 bits per heavy atom. The van der Waals surface area contributed by atoms with E-state index in [0.717, 1.165) is 87.7 Å². The summed E-state index contributed by atoms with van der Waals surface area (Å²) in [5.74, 6) is 0.364. The van der Waals surface area contributed by atoms with Crippen LogP contribution in [-0.4, -0.2) is 51.5 Å². The van der Waals surface area contributed by atoms with Crippen LogP contribution in [0.1, 0.15) is 47.3 Å². The lowest BCUT2D eigenvalue weighted by Crippen LogP contribution is -2.26. The third-order valence-corrected chi connectivity index (χ3v) is 10.6. The number of amides is 1. The number of nitro groups is 1. The highest BCUT2D eigenvalue weighted by molar-refractivity contribution is 6.30. The number of halogens is 1. The first-order chi connectivity index (χ1) is 26.7. The normalized spacial score (nSPS) is 11.6. The van der Waals surface area contributed by atoms with Crippen LogP contribution in [0, 0.1) is 17.0 Å². The van der Waals surface area contributed by atoms with Gasteiger partial charge in [-0.15, -0.1) is 0 Å². The fourth-order valence-corrected chi connectivity index (χ4v) is 7.69. The first-order valence-electron chi connectivity index (χ1n) is 18.2. The fourth-order valence-electron chi connectivity index (χ4n) is 7.56. The van der Waals surface area contributed by atoms with Crippen LogP contribution in [0.15, 0.2) is 91.0 Å². The number of carbonyl (C=O) groups is 2. The van der Waals surface area contributed by atoms with Crippen molar-refractivity contribution in [3.05, 3.63) is 123 Å². The molecule has 1 amide bonds. The van der Waals surface area contributed by atoms with Crippen LogP contribution in [0.25, 0.3) is 55.2 Å². The quantitative estimate of drug-likeness (QED) is 0.0675. The number of fused-ring (bicyclic) bond motifs is 5. The molecule has 0 unspecified atom stereocenters. The third-order valence-electron chi connectivity index (χ3n) is 10.3. The monoisotopic (exact) mass is 752 g/mol. The number of non-ortho nitro benzene ring substituents is 1. The Morgan fingerprint density at radius 1 is 0.836 bits per heavy atom. The van der Waals surface area contributed by atoms with Crippen LogP contribution in [0.4, 0.5) is 11.4 Å². The predicted molar refractivity (Wildman–Crippen MR) is 216 cm³/mol. The maximum Gasteiger partial charge on any atom is 0.271 e. The number of anilines is 1. The number of nitro benzene ring substituents is 1. The molecule has 7 aromatic rings. The van der Waals surface area contributed by atoms with Gasteiger partial charge >= 0.3 is 0 Å². The topological polar surface area (TPSA) is 141 Å². The van der Waals surface area contributed by atoms with Crippen molar-refractivity contribution in [1.82, 2.24) is 19.9 Å². The maximum absolute atomic E-state index is 13.6. The van der Waals surface area contributed by atoms with Crippen molar-refractivity contribution in [3.63, 3.8) is 0 Å². The summed E-state index contributed by atoms with van der Waals surface area (Å²) in [6.07, 6.45) is 3.93. The zero-order chi connectivity index (χ0) is 38.2. The van der Waals surface area contributed by atoms with Crippen molar-refractivity contribution in [1.29, 1.82) is 0 Å². The summed E-state index contributed by atoms with van der Waals surface area (Å²) in [6, 6.07) is 27.2. The molecule has 12 heteroatoms. The molecule has 0 fully saturated rings. The number of nitrogens with zero attached hydrogens (tertiary/aromatic N) is 4. The van der Waals surface area contributed by atoms with Gasteiger partial charge in [-0.3, -0.25) is 24.3 Å². The average Bonchev–Trinajstić information content (AvgIpc) is 3.65. The zero-order valence-corrected chi connectivity index (χ0v) is 31.1. The number of aromatic nitrogens is 3. The van der Waals surface area contributed by atoms with E-state index < -0.39 is 4.92 Å². The molecule has 0 radical (unpaired) electrons. The first kappa shape index (κ1) is 35.7. The molecule has 0 spiro atoms. The lowest BCUT2D eigenvalue weighted by Gasteiger charge is -2.11. The summed E-state index contributed by atoms with van der Waals surface area (Å²) in [5.41, 5.74) is 8.38. The van der Waals surface area contributed by atoms with Gasteiger partial charge in [0.05, 0.1) is 46.4 Å². The highest BCUT2D eigenvalue weighted by Crippen LogP contribution is 2.47. The second-order valence-corrected chi connectivity index (χ2v) is 14.1. The van der Waals surface area contributed by atoms with Gasteiger partial charge in [0.2, 0.25) is 5.91 Å². The molecule has 276 valence electrons. The van der Waals surface area contributed by atoms with Crippen LogP contribution in [0.3, 0.4) is 0 Å². The minimum absolute atomic E-state index is 0.00886. The highest BCUT2D eigenvalue weighted by atomic mass is 35.5. The second-order valence-electron chi connectivity index (χ2n) is 13.7. The van der Waals surface area contributed by atoms with Gasteiger partial charge in [0.25, 0.3) is 11.6 Å². The fraction of sp³-hybridized carbons (Fsp3) is 0.209. The largest absolute Gasteiger partial charge is 0.497 e. The van der Waals surface area contributed by atoms with Gasteiger partial charge in [0, 0.05) is 74.5 Å². The number of rotatable bonds is 13. The van der Waals surface area contributed by atoms with E-state index in [1.54, 1.807) is 42.0 Å². The Bertz CT molecular complexity index is 2670. The molecular weight excluding hydrogens is 716 g/mol. The molecule has 2 heterocycles. The number of unbranched alkanes of at least 4 members (excludes halogenated alkanes) is 3. The molecule has 0 aliphatic heterocycles. The first-order valence-corrected chi connectivity index (χ1v) is 18.6. The molecule has 2 aromatic heterocycles. The number of carbonyl (C=O) groups excluding carboxylic acids is 2. The van der Waals surface area contributed by atoms with Crippen LogP contribution in [0.5, 0.6) is 5.75 Å². The lowest BCUT2D eigenvalue weighted by atomic mass is 10.0. The van der Waals surface area contributed by atoms with Crippen molar-refractivity contribution in [3.8, 4) is 28.3 Å². The van der Waals surface area contributed by atoms with E-state index in [9.17, 15) is 19.7 Å². The second kappa shape index (κ2) is 14.8. The van der Waals surface area contributed by atoms with Crippen LogP contribution >= 0.6 is 11.6 Å². The summed E-state index contributed by atoms with van der Waals surface area (Å²) in [5, 5.41) is 21.5. The summed E-state index contributed by atoms with van der Waals surface area (Å²) < 4.78 is 7.12. The van der Waals surface area contributed by atoms with Crippen LogP contribution in [-0.2, 0) is 11.2 Å². The Labute approximate surface area is 321 Å². The molecule has 1 aliphatic carbocycles. The van der Waals surface area contributed by atoms with Gasteiger partial charge in [-0.2, -0.15) is 0 Å². The van der Waals surface area contributed by atoms with Crippen LogP contribution < -0.4 is 15.4 Å². The van der Waals surface area contributed by atoms with Crippen molar-refractivity contribution < 1.29 is 19.2 Å². The van der Waals surface area contributed by atoms with E-state index in [1.165, 1.54) is 12.1 Å². The molecular formula is C43H37ClN6O5. The summed E-state index contributed by atoms with van der Waals surface area (Å²) in [6.45, 7) is 3.23. The molecule has 0 saturated heterocycles. The van der Waals surface area contributed by atoms with E-state index in [4.69, 9.17) is 26.3 Å². The smallest absolute Gasteiger partial charge is 0.271 e. The number of methoxy groups -OCH3 is 1. The molecule has 5 aromatic carbocycles. The van der Waals surface area contributed by atoms with Gasteiger partial charge < -0.3 is 15.4 Å². The van der Waals surface area contributed by atoms with E-state index in [1.807, 2.05) is 43.3 Å². The zero-order valence-electron chi connectivity index (χ0n) is 30.3. The Kier molecular flexibility index (Phi) is 9.62. The average molecular weight is 753 g/mol. The van der Waals surface area contributed by atoms with Crippen molar-refractivity contribution in [2.24, 2.45) is 0 Å². The summed E-state index contributed by atoms with van der Waals surface area (Å²) in [7, 11) is 1.59. The third kappa shape index (κ3) is 6.72. The van der Waals surface area contributed by atoms with Crippen LogP contribution in [0.2, 0.25) is 5.02 Å². The van der Waals surface area contributed by atoms with Gasteiger partial charge in [-0.1, -0.05) is 48.7 Å². The van der Waals surface area contributed by atoms with E-state index >= 15 is 0 Å². The molecule has 8 rings (SSSR count). The van der Waals surface area contributed by atoms with E-state index in [0.29, 0.717) is 39.6 Å².